The standard InChI is InChI=1S/C17H33N5O/c1-3-18-17(20-14-16(23)22-11-6-7-12-22)19-10-13-21(2)15-8-4-5-9-15/h15H,3-14H2,1-2H3,(H2,18,19,20). The maximum Gasteiger partial charge on any atom is 0.244 e. The van der Waals surface area contributed by atoms with Gasteiger partial charge in [-0.25, -0.2) is 4.99 Å². The summed E-state index contributed by atoms with van der Waals surface area (Å²) in [6.45, 7) is 6.75. The fraction of sp³-hybridized carbons (Fsp3) is 0.882. The molecule has 0 atom stereocenters. The molecule has 6 heteroatoms. The Morgan fingerprint density at radius 1 is 1.17 bits per heavy atom. The van der Waals surface area contributed by atoms with Gasteiger partial charge in [-0.2, -0.15) is 0 Å². The van der Waals surface area contributed by atoms with Crippen LogP contribution < -0.4 is 10.6 Å². The van der Waals surface area contributed by atoms with Crippen LogP contribution in [0.25, 0.3) is 0 Å². The van der Waals surface area contributed by atoms with Gasteiger partial charge in [-0.3, -0.25) is 4.79 Å². The smallest absolute Gasteiger partial charge is 0.244 e. The van der Waals surface area contributed by atoms with Crippen LogP contribution in [-0.4, -0.2) is 74.0 Å². The molecule has 1 saturated heterocycles. The minimum absolute atomic E-state index is 0.141. The molecular formula is C17H33N5O. The van der Waals surface area contributed by atoms with E-state index in [2.05, 4.69) is 27.6 Å². The van der Waals surface area contributed by atoms with Crippen molar-refractivity contribution >= 4 is 11.9 Å². The van der Waals surface area contributed by atoms with Gasteiger partial charge in [0.2, 0.25) is 5.91 Å². The number of likely N-dealkylation sites (tertiary alicyclic amines) is 1. The third-order valence-corrected chi connectivity index (χ3v) is 4.88. The predicted octanol–water partition coefficient (Wildman–Crippen LogP) is 1.04. The van der Waals surface area contributed by atoms with Gasteiger partial charge < -0.3 is 20.4 Å². The average molecular weight is 323 g/mol. The molecule has 0 aromatic carbocycles. The summed E-state index contributed by atoms with van der Waals surface area (Å²) in [5.74, 6) is 0.891. The van der Waals surface area contributed by atoms with Gasteiger partial charge in [0.15, 0.2) is 5.96 Å². The normalized spacial score (nSPS) is 19.6. The third-order valence-electron chi connectivity index (χ3n) is 4.88. The Kier molecular flexibility index (Phi) is 7.65. The highest BCUT2D eigenvalue weighted by Gasteiger charge is 2.19. The molecule has 0 unspecified atom stereocenters. The maximum atomic E-state index is 12.1. The number of hydrogen-bond acceptors (Lipinski definition) is 3. The molecule has 6 nitrogen and oxygen atoms in total. The van der Waals surface area contributed by atoms with Crippen LogP contribution in [0.2, 0.25) is 0 Å². The largest absolute Gasteiger partial charge is 0.357 e. The summed E-state index contributed by atoms with van der Waals surface area (Å²) in [5, 5.41) is 6.57. The van der Waals surface area contributed by atoms with Gasteiger partial charge in [-0.15, -0.1) is 0 Å². The lowest BCUT2D eigenvalue weighted by Gasteiger charge is -2.24. The van der Waals surface area contributed by atoms with Crippen molar-refractivity contribution in [2.75, 3.05) is 46.3 Å². The Morgan fingerprint density at radius 3 is 2.52 bits per heavy atom. The molecule has 0 radical (unpaired) electrons. The first-order chi connectivity index (χ1) is 11.2. The van der Waals surface area contributed by atoms with Crippen LogP contribution in [0, 0.1) is 0 Å². The first kappa shape index (κ1) is 18.0. The number of amides is 1. The van der Waals surface area contributed by atoms with Crippen LogP contribution in [0.1, 0.15) is 45.4 Å². The summed E-state index contributed by atoms with van der Waals surface area (Å²) in [6, 6.07) is 0.744. The van der Waals surface area contributed by atoms with E-state index in [-0.39, 0.29) is 12.5 Å². The molecular weight excluding hydrogens is 290 g/mol. The fourth-order valence-corrected chi connectivity index (χ4v) is 3.43. The second-order valence-electron chi connectivity index (χ2n) is 6.63. The summed E-state index contributed by atoms with van der Waals surface area (Å²) in [5.41, 5.74) is 0. The van der Waals surface area contributed by atoms with Crippen LogP contribution in [0.3, 0.4) is 0 Å². The third kappa shape index (κ3) is 6.01. The Morgan fingerprint density at radius 2 is 1.87 bits per heavy atom. The number of rotatable bonds is 7. The zero-order valence-corrected chi connectivity index (χ0v) is 14.8. The highest BCUT2D eigenvalue weighted by Crippen LogP contribution is 2.21. The molecule has 0 spiro atoms. The van der Waals surface area contributed by atoms with Gasteiger partial charge in [-0.1, -0.05) is 12.8 Å². The van der Waals surface area contributed by atoms with Gasteiger partial charge in [0.05, 0.1) is 0 Å². The van der Waals surface area contributed by atoms with E-state index >= 15 is 0 Å². The molecule has 23 heavy (non-hydrogen) atoms. The number of aliphatic imine (C=N–C) groups is 1. The monoisotopic (exact) mass is 323 g/mol. The zero-order valence-electron chi connectivity index (χ0n) is 14.8. The quantitative estimate of drug-likeness (QED) is 0.543. The summed E-state index contributed by atoms with van der Waals surface area (Å²) < 4.78 is 0. The minimum Gasteiger partial charge on any atom is -0.357 e. The second kappa shape index (κ2) is 9.75. The van der Waals surface area contributed by atoms with Crippen molar-refractivity contribution < 1.29 is 4.79 Å². The van der Waals surface area contributed by atoms with Crippen molar-refractivity contribution in [3.05, 3.63) is 0 Å². The Hall–Kier alpha value is -1.30. The molecule has 2 N–H and O–H groups in total. The first-order valence-corrected chi connectivity index (χ1v) is 9.21. The Labute approximate surface area is 140 Å². The van der Waals surface area contributed by atoms with E-state index in [1.165, 1.54) is 25.7 Å². The van der Waals surface area contributed by atoms with Crippen molar-refractivity contribution in [3.63, 3.8) is 0 Å². The molecule has 0 aromatic rings. The van der Waals surface area contributed by atoms with Gasteiger partial charge in [0, 0.05) is 38.8 Å². The highest BCUT2D eigenvalue weighted by atomic mass is 16.2. The molecule has 2 rings (SSSR count). The Balaban J connectivity index is 1.71. The second-order valence-corrected chi connectivity index (χ2v) is 6.63. The zero-order chi connectivity index (χ0) is 16.5. The van der Waals surface area contributed by atoms with E-state index in [0.717, 1.165) is 57.6 Å². The lowest BCUT2D eigenvalue weighted by Crippen LogP contribution is -2.43. The van der Waals surface area contributed by atoms with E-state index < -0.39 is 0 Å². The van der Waals surface area contributed by atoms with Gasteiger partial charge in [0.25, 0.3) is 0 Å². The minimum atomic E-state index is 0.141. The van der Waals surface area contributed by atoms with Crippen molar-refractivity contribution in [1.29, 1.82) is 0 Å². The number of likely N-dealkylation sites (N-methyl/N-ethyl adjacent to an activating group) is 1. The maximum absolute atomic E-state index is 12.1. The molecule has 1 heterocycles. The molecule has 132 valence electrons. The number of nitrogens with one attached hydrogen (secondary N) is 2. The number of hydrogen-bond donors (Lipinski definition) is 2. The molecule has 0 bridgehead atoms. The van der Waals surface area contributed by atoms with E-state index in [4.69, 9.17) is 0 Å². The lowest BCUT2D eigenvalue weighted by atomic mass is 10.2. The molecule has 2 aliphatic rings. The predicted molar refractivity (Wildman–Crippen MR) is 94.7 cm³/mol. The van der Waals surface area contributed by atoms with Crippen molar-refractivity contribution in [1.82, 2.24) is 20.4 Å². The van der Waals surface area contributed by atoms with Crippen LogP contribution in [0.5, 0.6) is 0 Å². The Bertz CT molecular complexity index is 386. The molecule has 1 aliphatic carbocycles. The number of carbonyl (C=O) groups is 1. The molecule has 1 saturated carbocycles. The number of carbonyl (C=O) groups excluding carboxylic acids is 1. The van der Waals surface area contributed by atoms with Gasteiger partial charge in [-0.05, 0) is 39.7 Å². The van der Waals surface area contributed by atoms with Crippen molar-refractivity contribution in [3.8, 4) is 0 Å². The SMILES string of the molecule is CCNC(=NCC(=O)N1CCCC1)NCCN(C)C1CCCC1. The molecule has 1 amide bonds. The van der Waals surface area contributed by atoms with Gasteiger partial charge in [0.1, 0.15) is 6.54 Å². The molecule has 1 aliphatic heterocycles. The van der Waals surface area contributed by atoms with Crippen molar-refractivity contribution in [2.45, 2.75) is 51.5 Å². The van der Waals surface area contributed by atoms with E-state index in [9.17, 15) is 4.79 Å². The van der Waals surface area contributed by atoms with Crippen LogP contribution >= 0.6 is 0 Å². The van der Waals surface area contributed by atoms with Crippen LogP contribution in [0.15, 0.2) is 4.99 Å². The van der Waals surface area contributed by atoms with Crippen molar-refractivity contribution in [2.24, 2.45) is 4.99 Å². The highest BCUT2D eigenvalue weighted by molar-refractivity contribution is 5.85. The lowest BCUT2D eigenvalue weighted by molar-refractivity contribution is -0.128. The fourth-order valence-electron chi connectivity index (χ4n) is 3.43. The summed E-state index contributed by atoms with van der Waals surface area (Å²) in [4.78, 5) is 20.9. The summed E-state index contributed by atoms with van der Waals surface area (Å²) in [7, 11) is 2.21. The molecule has 2 fully saturated rings. The molecule has 0 aromatic heterocycles. The van der Waals surface area contributed by atoms with Crippen LogP contribution in [0.4, 0.5) is 0 Å². The topological polar surface area (TPSA) is 60.0 Å². The van der Waals surface area contributed by atoms with E-state index in [0.29, 0.717) is 0 Å². The number of guanidine groups is 1. The summed E-state index contributed by atoms with van der Waals surface area (Å²) in [6.07, 6.45) is 7.64. The van der Waals surface area contributed by atoms with Gasteiger partial charge >= 0.3 is 0 Å². The summed E-state index contributed by atoms with van der Waals surface area (Å²) >= 11 is 0. The number of nitrogens with zero attached hydrogens (tertiary/aromatic N) is 3. The average Bonchev–Trinajstić information content (AvgIpc) is 3.24. The van der Waals surface area contributed by atoms with E-state index in [1.807, 2.05) is 11.8 Å². The van der Waals surface area contributed by atoms with Crippen LogP contribution in [-0.2, 0) is 4.79 Å². The van der Waals surface area contributed by atoms with E-state index in [1.54, 1.807) is 0 Å². The first-order valence-electron chi connectivity index (χ1n) is 9.21.